The highest BCUT2D eigenvalue weighted by Gasteiger charge is 2.30. The number of hydrogen-bond acceptors (Lipinski definition) is 5. The summed E-state index contributed by atoms with van der Waals surface area (Å²) in [5, 5.41) is 0.429. The van der Waals surface area contributed by atoms with Gasteiger partial charge in [-0.3, -0.25) is 4.90 Å². The predicted molar refractivity (Wildman–Crippen MR) is 139 cm³/mol. The first-order valence-corrected chi connectivity index (χ1v) is 13.6. The van der Waals surface area contributed by atoms with Crippen LogP contribution >= 0.6 is 23.2 Å². The van der Waals surface area contributed by atoms with Gasteiger partial charge in [0.2, 0.25) is 10.0 Å². The van der Waals surface area contributed by atoms with Crippen molar-refractivity contribution in [3.8, 4) is 5.75 Å². The highest BCUT2D eigenvalue weighted by Crippen LogP contribution is 2.26. The third-order valence-corrected chi connectivity index (χ3v) is 8.55. The molecule has 0 spiro atoms. The number of ether oxygens (including phenoxy) is 2. The summed E-state index contributed by atoms with van der Waals surface area (Å²) in [5.41, 5.74) is 1.97. The number of rotatable bonds is 9. The lowest BCUT2D eigenvalue weighted by Gasteiger charge is -2.36. The fourth-order valence-electron chi connectivity index (χ4n) is 4.06. The maximum absolute atomic E-state index is 13.5. The van der Waals surface area contributed by atoms with Crippen LogP contribution in [-0.2, 0) is 21.4 Å². The maximum atomic E-state index is 13.5. The predicted octanol–water partition coefficient (Wildman–Crippen LogP) is 5.41. The third-order valence-electron chi connectivity index (χ3n) is 6.11. The molecule has 0 radical (unpaired) electrons. The molecule has 0 aromatic heterocycles. The van der Waals surface area contributed by atoms with Gasteiger partial charge in [0.05, 0.1) is 29.7 Å². The average Bonchev–Trinajstić information content (AvgIpc) is 2.89. The van der Waals surface area contributed by atoms with Gasteiger partial charge in [-0.15, -0.1) is 0 Å². The molecule has 1 heterocycles. The van der Waals surface area contributed by atoms with Gasteiger partial charge in [-0.1, -0.05) is 47.5 Å². The van der Waals surface area contributed by atoms with Crippen LogP contribution in [0.25, 0.3) is 0 Å². The van der Waals surface area contributed by atoms with Gasteiger partial charge in [0.25, 0.3) is 0 Å². The molecule has 192 valence electrons. The van der Waals surface area contributed by atoms with Gasteiger partial charge in [-0.25, -0.2) is 12.8 Å². The molecule has 1 aliphatic rings. The summed E-state index contributed by atoms with van der Waals surface area (Å²) in [4.78, 5) is 2.16. The minimum Gasteiger partial charge on any atom is -0.497 e. The SMILES string of the molecule is COc1cccc(CO[C@H](CN2CCN(S(=O)(=O)c3ccc(F)c(Cl)c3)CC2)c2ccc(Cl)cc2)c1. The molecule has 36 heavy (non-hydrogen) atoms. The van der Waals surface area contributed by atoms with Crippen molar-refractivity contribution in [1.29, 1.82) is 0 Å². The van der Waals surface area contributed by atoms with Crippen LogP contribution in [-0.4, -0.2) is 57.5 Å². The van der Waals surface area contributed by atoms with Crippen LogP contribution in [0.15, 0.2) is 71.6 Å². The molecule has 3 aromatic carbocycles. The standard InChI is InChI=1S/C26H27Cl2FN2O4S/c1-34-22-4-2-3-19(15-22)18-35-26(20-5-7-21(27)8-6-20)17-30-11-13-31(14-12-30)36(32,33)23-9-10-25(29)24(28)16-23/h2-10,15-16,26H,11-14,17-18H2,1H3/t26-/m1/s1. The maximum Gasteiger partial charge on any atom is 0.243 e. The number of sulfonamides is 1. The Balaban J connectivity index is 1.42. The molecule has 0 aliphatic carbocycles. The van der Waals surface area contributed by atoms with Crippen molar-refractivity contribution >= 4 is 33.2 Å². The Kier molecular flexibility index (Phi) is 8.87. The van der Waals surface area contributed by atoms with Crippen LogP contribution in [0.4, 0.5) is 4.39 Å². The van der Waals surface area contributed by atoms with E-state index in [0.717, 1.165) is 29.0 Å². The Labute approximate surface area is 221 Å². The number of halogens is 3. The molecular formula is C26H27Cl2FN2O4S. The van der Waals surface area contributed by atoms with E-state index < -0.39 is 15.8 Å². The van der Waals surface area contributed by atoms with Crippen LogP contribution < -0.4 is 4.74 Å². The number of piperazine rings is 1. The van der Waals surface area contributed by atoms with E-state index in [9.17, 15) is 12.8 Å². The lowest BCUT2D eigenvalue weighted by Crippen LogP contribution is -2.49. The Bertz CT molecular complexity index is 1280. The second-order valence-corrected chi connectivity index (χ2v) is 11.3. The van der Waals surface area contributed by atoms with Gasteiger partial charge in [0.15, 0.2) is 0 Å². The Morgan fingerprint density at radius 2 is 1.69 bits per heavy atom. The van der Waals surface area contributed by atoms with Crippen LogP contribution in [0.2, 0.25) is 10.0 Å². The highest BCUT2D eigenvalue weighted by molar-refractivity contribution is 7.89. The lowest BCUT2D eigenvalue weighted by atomic mass is 10.1. The van der Waals surface area contributed by atoms with Crippen molar-refractivity contribution in [1.82, 2.24) is 9.21 Å². The first kappa shape index (κ1) is 26.9. The van der Waals surface area contributed by atoms with E-state index in [1.54, 1.807) is 7.11 Å². The first-order valence-electron chi connectivity index (χ1n) is 11.4. The normalized spacial score (nSPS) is 16.1. The quantitative estimate of drug-likeness (QED) is 0.355. The average molecular weight is 553 g/mol. The summed E-state index contributed by atoms with van der Waals surface area (Å²) < 4.78 is 52.6. The van der Waals surface area contributed by atoms with Crippen molar-refractivity contribution in [2.45, 2.75) is 17.6 Å². The van der Waals surface area contributed by atoms with Crippen molar-refractivity contribution in [3.63, 3.8) is 0 Å². The van der Waals surface area contributed by atoms with Crippen molar-refractivity contribution < 1.29 is 22.3 Å². The molecule has 0 unspecified atom stereocenters. The van der Waals surface area contributed by atoms with Gasteiger partial charge in [-0.2, -0.15) is 4.31 Å². The minimum absolute atomic E-state index is 0.0111. The lowest BCUT2D eigenvalue weighted by molar-refractivity contribution is 0.00767. The van der Waals surface area contributed by atoms with E-state index >= 15 is 0 Å². The van der Waals surface area contributed by atoms with Crippen molar-refractivity contribution in [2.75, 3.05) is 39.8 Å². The van der Waals surface area contributed by atoms with Gasteiger partial charge in [-0.05, 0) is 53.6 Å². The van der Waals surface area contributed by atoms with E-state index in [0.29, 0.717) is 44.4 Å². The number of nitrogens with zero attached hydrogens (tertiary/aromatic N) is 2. The van der Waals surface area contributed by atoms with Crippen LogP contribution in [0.3, 0.4) is 0 Å². The van der Waals surface area contributed by atoms with Crippen LogP contribution in [0.1, 0.15) is 17.2 Å². The number of methoxy groups -OCH3 is 1. The number of benzene rings is 3. The molecule has 1 aliphatic heterocycles. The van der Waals surface area contributed by atoms with Gasteiger partial charge < -0.3 is 9.47 Å². The number of hydrogen-bond donors (Lipinski definition) is 0. The Morgan fingerprint density at radius 3 is 2.36 bits per heavy atom. The zero-order valence-corrected chi connectivity index (χ0v) is 22.1. The molecular weight excluding hydrogens is 526 g/mol. The molecule has 1 saturated heterocycles. The largest absolute Gasteiger partial charge is 0.497 e. The monoisotopic (exact) mass is 552 g/mol. The molecule has 3 aromatic rings. The molecule has 4 rings (SSSR count). The fourth-order valence-corrected chi connectivity index (χ4v) is 5.88. The highest BCUT2D eigenvalue weighted by atomic mass is 35.5. The van der Waals surface area contributed by atoms with Gasteiger partial charge >= 0.3 is 0 Å². The molecule has 10 heteroatoms. The second-order valence-electron chi connectivity index (χ2n) is 8.48. The summed E-state index contributed by atoms with van der Waals surface area (Å²) in [7, 11) is -2.14. The summed E-state index contributed by atoms with van der Waals surface area (Å²) in [6.07, 6.45) is -0.243. The van der Waals surface area contributed by atoms with Crippen molar-refractivity contribution in [2.24, 2.45) is 0 Å². The van der Waals surface area contributed by atoms with E-state index in [4.69, 9.17) is 32.7 Å². The van der Waals surface area contributed by atoms with E-state index in [1.807, 2.05) is 48.5 Å². The molecule has 6 nitrogen and oxygen atoms in total. The third kappa shape index (κ3) is 6.56. The summed E-state index contributed by atoms with van der Waals surface area (Å²) in [5.74, 6) is 0.113. The zero-order valence-electron chi connectivity index (χ0n) is 19.7. The van der Waals surface area contributed by atoms with E-state index in [2.05, 4.69) is 4.90 Å². The second kappa shape index (κ2) is 11.9. The molecule has 1 atom stereocenters. The zero-order chi connectivity index (χ0) is 25.7. The summed E-state index contributed by atoms with van der Waals surface area (Å²) in [6.45, 7) is 2.65. The van der Waals surface area contributed by atoms with E-state index in [1.165, 1.54) is 10.4 Å². The van der Waals surface area contributed by atoms with Gasteiger partial charge in [0, 0.05) is 37.7 Å². The van der Waals surface area contributed by atoms with E-state index in [-0.39, 0.29) is 16.0 Å². The molecule has 0 amide bonds. The van der Waals surface area contributed by atoms with Gasteiger partial charge in [0.1, 0.15) is 11.6 Å². The molecule has 0 saturated carbocycles. The van der Waals surface area contributed by atoms with Crippen LogP contribution in [0.5, 0.6) is 5.75 Å². The summed E-state index contributed by atoms with van der Waals surface area (Å²) >= 11 is 11.9. The first-order chi connectivity index (χ1) is 17.3. The summed E-state index contributed by atoms with van der Waals surface area (Å²) in [6, 6.07) is 18.7. The van der Waals surface area contributed by atoms with Crippen LogP contribution in [0, 0.1) is 5.82 Å². The fraction of sp³-hybridized carbons (Fsp3) is 0.308. The molecule has 0 N–H and O–H groups in total. The minimum atomic E-state index is -3.77. The Morgan fingerprint density at radius 1 is 0.972 bits per heavy atom. The van der Waals surface area contributed by atoms with Crippen molar-refractivity contribution in [3.05, 3.63) is 93.7 Å². The smallest absolute Gasteiger partial charge is 0.243 e. The Hall–Kier alpha value is -2.20. The molecule has 1 fully saturated rings. The molecule has 0 bridgehead atoms. The topological polar surface area (TPSA) is 59.1 Å².